The highest BCUT2D eigenvalue weighted by atomic mass is 32.1. The van der Waals surface area contributed by atoms with Gasteiger partial charge in [-0.1, -0.05) is 6.07 Å². The highest BCUT2D eigenvalue weighted by Crippen LogP contribution is 2.33. The van der Waals surface area contributed by atoms with E-state index in [0.29, 0.717) is 12.3 Å². The van der Waals surface area contributed by atoms with Crippen LogP contribution in [-0.4, -0.2) is 48.3 Å². The topological polar surface area (TPSA) is 64.6 Å². The predicted molar refractivity (Wildman–Crippen MR) is 111 cm³/mol. The monoisotopic (exact) mass is 387 g/mol. The van der Waals surface area contributed by atoms with Crippen LogP contribution in [-0.2, 0) is 19.3 Å². The van der Waals surface area contributed by atoms with Gasteiger partial charge in [0.15, 0.2) is 0 Å². The molecule has 146 valence electrons. The van der Waals surface area contributed by atoms with E-state index in [1.165, 1.54) is 16.7 Å². The van der Waals surface area contributed by atoms with Crippen LogP contribution in [0.4, 0.5) is 4.79 Å². The Hall–Kier alpha value is -2.05. The van der Waals surface area contributed by atoms with Gasteiger partial charge in [-0.3, -0.25) is 0 Å². The highest BCUT2D eigenvalue weighted by molar-refractivity contribution is 7.07. The number of thiophene rings is 1. The smallest absolute Gasteiger partial charge is 0.315 e. The molecular weight excluding hydrogens is 358 g/mol. The maximum atomic E-state index is 12.4. The molecule has 27 heavy (non-hydrogen) atoms. The van der Waals surface area contributed by atoms with E-state index in [4.69, 9.17) is 0 Å². The lowest BCUT2D eigenvalue weighted by atomic mass is 9.77. The van der Waals surface area contributed by atoms with Crippen molar-refractivity contribution in [3.8, 4) is 5.75 Å². The summed E-state index contributed by atoms with van der Waals surface area (Å²) in [5.74, 6) is 0.322. The minimum Gasteiger partial charge on any atom is -0.508 e. The average molecular weight is 388 g/mol. The molecular formula is C21H29N3O2S. The number of likely N-dealkylation sites (N-methyl/N-ethyl adjacent to an activating group) is 1. The Morgan fingerprint density at radius 2 is 2.15 bits per heavy atom. The molecule has 0 fully saturated rings. The fraction of sp³-hybridized carbons (Fsp3) is 0.476. The van der Waals surface area contributed by atoms with Gasteiger partial charge in [-0.05, 0) is 92.4 Å². The number of rotatable bonds is 6. The van der Waals surface area contributed by atoms with Crippen LogP contribution < -0.4 is 10.6 Å². The number of benzene rings is 1. The third-order valence-corrected chi connectivity index (χ3v) is 6.33. The summed E-state index contributed by atoms with van der Waals surface area (Å²) in [6, 6.07) is 7.68. The molecule has 3 rings (SSSR count). The summed E-state index contributed by atoms with van der Waals surface area (Å²) >= 11 is 1.68. The molecule has 2 aromatic rings. The number of aromatic hydroxyl groups is 1. The molecule has 1 aliphatic rings. The number of hydrogen-bond donors (Lipinski definition) is 3. The molecule has 2 atom stereocenters. The first-order chi connectivity index (χ1) is 12.9. The first kappa shape index (κ1) is 19.7. The average Bonchev–Trinajstić information content (AvgIpc) is 3.12. The van der Waals surface area contributed by atoms with Gasteiger partial charge in [0.05, 0.1) is 0 Å². The lowest BCUT2D eigenvalue weighted by Crippen LogP contribution is -2.57. The van der Waals surface area contributed by atoms with Gasteiger partial charge >= 0.3 is 6.03 Å². The Kier molecular flexibility index (Phi) is 6.07. The van der Waals surface area contributed by atoms with Gasteiger partial charge in [0, 0.05) is 18.1 Å². The number of carbonyl (C=O) groups excluding carboxylic acids is 1. The molecule has 0 bridgehead atoms. The molecule has 1 aliphatic carbocycles. The summed E-state index contributed by atoms with van der Waals surface area (Å²) in [5, 5.41) is 20.0. The second-order valence-corrected chi connectivity index (χ2v) is 8.59. The Labute approximate surface area is 165 Å². The van der Waals surface area contributed by atoms with Gasteiger partial charge in [0.1, 0.15) is 5.75 Å². The second kappa shape index (κ2) is 8.31. The molecule has 0 spiro atoms. The Balaban J connectivity index is 1.58. The van der Waals surface area contributed by atoms with Gasteiger partial charge in [-0.25, -0.2) is 4.79 Å². The molecule has 1 heterocycles. The van der Waals surface area contributed by atoms with Gasteiger partial charge in [-0.2, -0.15) is 11.3 Å². The fourth-order valence-electron chi connectivity index (χ4n) is 3.85. The summed E-state index contributed by atoms with van der Waals surface area (Å²) in [6.45, 7) is 2.62. The van der Waals surface area contributed by atoms with E-state index < -0.39 is 0 Å². The van der Waals surface area contributed by atoms with Crippen LogP contribution >= 0.6 is 11.3 Å². The highest BCUT2D eigenvalue weighted by Gasteiger charge is 2.37. The van der Waals surface area contributed by atoms with Crippen molar-refractivity contribution >= 4 is 17.4 Å². The van der Waals surface area contributed by atoms with Gasteiger partial charge < -0.3 is 20.6 Å². The minimum absolute atomic E-state index is 0.0879. The van der Waals surface area contributed by atoms with E-state index in [2.05, 4.69) is 46.5 Å². The van der Waals surface area contributed by atoms with Crippen molar-refractivity contribution in [2.75, 3.05) is 20.6 Å². The van der Waals surface area contributed by atoms with Gasteiger partial charge in [0.25, 0.3) is 0 Å². The van der Waals surface area contributed by atoms with E-state index >= 15 is 0 Å². The third kappa shape index (κ3) is 4.82. The molecule has 0 saturated carbocycles. The zero-order valence-corrected chi connectivity index (χ0v) is 17.1. The number of nitrogens with zero attached hydrogens (tertiary/aromatic N) is 1. The normalized spacial score (nSPS) is 20.1. The molecule has 1 aromatic carbocycles. The van der Waals surface area contributed by atoms with Gasteiger partial charge in [-0.15, -0.1) is 0 Å². The number of amides is 2. The summed E-state index contributed by atoms with van der Waals surface area (Å²) < 4.78 is 0. The van der Waals surface area contributed by atoms with Crippen LogP contribution in [0.15, 0.2) is 35.0 Å². The first-order valence-corrected chi connectivity index (χ1v) is 10.4. The Morgan fingerprint density at radius 1 is 1.33 bits per heavy atom. The number of nitrogens with one attached hydrogen (secondary N) is 2. The fourth-order valence-corrected chi connectivity index (χ4v) is 4.53. The summed E-state index contributed by atoms with van der Waals surface area (Å²) in [4.78, 5) is 14.6. The molecule has 0 saturated heterocycles. The van der Waals surface area contributed by atoms with Gasteiger partial charge in [0.2, 0.25) is 0 Å². The zero-order chi connectivity index (χ0) is 19.4. The number of urea groups is 1. The number of carbonyl (C=O) groups is 1. The van der Waals surface area contributed by atoms with E-state index in [1.54, 1.807) is 17.4 Å². The second-order valence-electron chi connectivity index (χ2n) is 7.81. The summed E-state index contributed by atoms with van der Waals surface area (Å²) in [5.41, 5.74) is 3.60. The molecule has 6 heteroatoms. The van der Waals surface area contributed by atoms with Crippen molar-refractivity contribution in [1.82, 2.24) is 15.5 Å². The molecule has 1 unspecified atom stereocenters. The van der Waals surface area contributed by atoms with Crippen molar-refractivity contribution in [1.29, 1.82) is 0 Å². The summed E-state index contributed by atoms with van der Waals surface area (Å²) in [7, 11) is 4.15. The van der Waals surface area contributed by atoms with E-state index in [0.717, 1.165) is 25.7 Å². The largest absolute Gasteiger partial charge is 0.508 e. The van der Waals surface area contributed by atoms with E-state index in [-0.39, 0.29) is 17.6 Å². The molecule has 1 aromatic heterocycles. The van der Waals surface area contributed by atoms with Crippen molar-refractivity contribution in [2.45, 2.75) is 44.2 Å². The van der Waals surface area contributed by atoms with Crippen LogP contribution in [0.25, 0.3) is 0 Å². The van der Waals surface area contributed by atoms with Crippen molar-refractivity contribution < 1.29 is 9.90 Å². The van der Waals surface area contributed by atoms with E-state index in [1.807, 2.05) is 19.1 Å². The van der Waals surface area contributed by atoms with Crippen LogP contribution in [0.3, 0.4) is 0 Å². The quantitative estimate of drug-likeness (QED) is 0.713. The predicted octanol–water partition coefficient (Wildman–Crippen LogP) is 3.17. The standard InChI is InChI=1S/C21H29N3O2S/c1-15(10-16-7-9-27-13-16)23-20(26)22-14-21(24(2)3)8-6-17-11-19(25)5-4-18(17)12-21/h4-5,7,9,11,13,15,25H,6,8,10,12,14H2,1-3H3,(H2,22,23,26)/t15?,21-/m0/s1. The van der Waals surface area contributed by atoms with Crippen molar-refractivity contribution in [2.24, 2.45) is 0 Å². The molecule has 3 N–H and O–H groups in total. The zero-order valence-electron chi connectivity index (χ0n) is 16.3. The molecule has 0 aliphatic heterocycles. The maximum Gasteiger partial charge on any atom is 0.315 e. The number of phenols is 1. The molecule has 5 nitrogen and oxygen atoms in total. The number of aryl methyl sites for hydroxylation is 1. The molecule has 0 radical (unpaired) electrons. The number of phenolic OH excluding ortho intramolecular Hbond substituents is 1. The number of hydrogen-bond acceptors (Lipinski definition) is 4. The van der Waals surface area contributed by atoms with Crippen LogP contribution in [0.5, 0.6) is 5.75 Å². The number of fused-ring (bicyclic) bond motifs is 1. The molecule has 2 amide bonds. The van der Waals surface area contributed by atoms with Crippen LogP contribution in [0.1, 0.15) is 30.0 Å². The SMILES string of the molecule is CC(Cc1ccsc1)NC(=O)NC[C@]1(N(C)C)CCc2cc(O)ccc2C1. The van der Waals surface area contributed by atoms with Crippen molar-refractivity contribution in [3.05, 3.63) is 51.7 Å². The lowest BCUT2D eigenvalue weighted by Gasteiger charge is -2.43. The Morgan fingerprint density at radius 3 is 2.85 bits per heavy atom. The first-order valence-electron chi connectivity index (χ1n) is 9.42. The summed E-state index contributed by atoms with van der Waals surface area (Å²) in [6.07, 6.45) is 3.55. The maximum absolute atomic E-state index is 12.4. The van der Waals surface area contributed by atoms with Crippen LogP contribution in [0.2, 0.25) is 0 Å². The minimum atomic E-state index is -0.115. The van der Waals surface area contributed by atoms with E-state index in [9.17, 15) is 9.90 Å². The van der Waals surface area contributed by atoms with Crippen molar-refractivity contribution in [3.63, 3.8) is 0 Å². The third-order valence-electron chi connectivity index (χ3n) is 5.60. The Bertz CT molecular complexity index is 776. The lowest BCUT2D eigenvalue weighted by molar-refractivity contribution is 0.129. The van der Waals surface area contributed by atoms with Crippen LogP contribution in [0, 0.1) is 0 Å².